The third kappa shape index (κ3) is 7.90. The van der Waals surface area contributed by atoms with Gasteiger partial charge in [-0.15, -0.1) is 34.8 Å². The summed E-state index contributed by atoms with van der Waals surface area (Å²) < 4.78 is 0. The van der Waals surface area contributed by atoms with Crippen LogP contribution in [-0.2, 0) is 0 Å². The lowest BCUT2D eigenvalue weighted by Gasteiger charge is -2.15. The summed E-state index contributed by atoms with van der Waals surface area (Å²) in [6.07, 6.45) is 4.89. The summed E-state index contributed by atoms with van der Waals surface area (Å²) in [7, 11) is 0. The Bertz CT molecular complexity index is 117. The summed E-state index contributed by atoms with van der Waals surface area (Å²) in [5.74, 6) is 0. The minimum absolute atomic E-state index is 0.136. The molecular weight excluding hydrogens is 226 g/mol. The second kappa shape index (κ2) is 8.20. The highest BCUT2D eigenvalue weighted by Crippen LogP contribution is 2.22. The van der Waals surface area contributed by atoms with E-state index in [0.717, 1.165) is 32.1 Å². The fourth-order valence-corrected chi connectivity index (χ4v) is 2.51. The predicted molar refractivity (Wildman–Crippen MR) is 63.4 cm³/mol. The van der Waals surface area contributed by atoms with Crippen LogP contribution in [0.25, 0.3) is 0 Å². The van der Waals surface area contributed by atoms with Crippen LogP contribution >= 0.6 is 34.8 Å². The molecule has 0 heterocycles. The molecule has 0 amide bonds. The fourth-order valence-electron chi connectivity index (χ4n) is 1.25. The zero-order valence-electron chi connectivity index (χ0n) is 8.40. The van der Waals surface area contributed by atoms with Gasteiger partial charge < -0.3 is 0 Å². The molecule has 0 aliphatic heterocycles. The van der Waals surface area contributed by atoms with Crippen LogP contribution in [0, 0.1) is 0 Å². The summed E-state index contributed by atoms with van der Waals surface area (Å²) >= 11 is 18.2. The Balaban J connectivity index is 3.54. The first-order chi connectivity index (χ1) is 6.10. The van der Waals surface area contributed by atoms with Gasteiger partial charge in [0, 0.05) is 16.1 Å². The molecule has 80 valence electrons. The standard InChI is InChI=1S/C10H19Cl3/c1-3-5-9(12)7-10(13)6-8(11)4-2/h8-10H,3-7H2,1-2H3. The second-order valence-corrected chi connectivity index (χ2v) is 5.31. The van der Waals surface area contributed by atoms with Gasteiger partial charge >= 0.3 is 0 Å². The first-order valence-electron chi connectivity index (χ1n) is 5.02. The van der Waals surface area contributed by atoms with Crippen molar-refractivity contribution >= 4 is 34.8 Å². The molecular formula is C10H19Cl3. The second-order valence-electron chi connectivity index (χ2n) is 3.46. The topological polar surface area (TPSA) is 0 Å². The Kier molecular flexibility index (Phi) is 8.75. The lowest BCUT2D eigenvalue weighted by Crippen LogP contribution is -2.13. The van der Waals surface area contributed by atoms with E-state index >= 15 is 0 Å². The van der Waals surface area contributed by atoms with Crippen LogP contribution in [0.1, 0.15) is 46.0 Å². The fraction of sp³-hybridized carbons (Fsp3) is 1.00. The quantitative estimate of drug-likeness (QED) is 0.565. The van der Waals surface area contributed by atoms with Gasteiger partial charge in [-0.25, -0.2) is 0 Å². The van der Waals surface area contributed by atoms with Crippen LogP contribution in [0.2, 0.25) is 0 Å². The minimum atomic E-state index is 0.136. The molecule has 3 unspecified atom stereocenters. The van der Waals surface area contributed by atoms with Crippen LogP contribution in [0.5, 0.6) is 0 Å². The number of halogens is 3. The maximum absolute atomic E-state index is 6.12. The number of hydrogen-bond donors (Lipinski definition) is 0. The van der Waals surface area contributed by atoms with E-state index < -0.39 is 0 Å². The van der Waals surface area contributed by atoms with Crippen molar-refractivity contribution in [3.8, 4) is 0 Å². The van der Waals surface area contributed by atoms with Crippen LogP contribution in [-0.4, -0.2) is 16.1 Å². The van der Waals surface area contributed by atoms with Gasteiger partial charge in [-0.1, -0.05) is 20.3 Å². The molecule has 0 saturated carbocycles. The van der Waals surface area contributed by atoms with Gasteiger partial charge in [0.1, 0.15) is 0 Å². The van der Waals surface area contributed by atoms with Crippen molar-refractivity contribution in [3.05, 3.63) is 0 Å². The zero-order valence-corrected chi connectivity index (χ0v) is 10.7. The first kappa shape index (κ1) is 13.9. The lowest BCUT2D eigenvalue weighted by molar-refractivity contribution is 0.601. The monoisotopic (exact) mass is 244 g/mol. The van der Waals surface area contributed by atoms with E-state index in [1.807, 2.05) is 0 Å². The molecule has 0 N–H and O–H groups in total. The van der Waals surface area contributed by atoms with Crippen molar-refractivity contribution in [1.29, 1.82) is 0 Å². The molecule has 0 bridgehead atoms. The summed E-state index contributed by atoms with van der Waals surface area (Å²) in [6.45, 7) is 4.21. The smallest absolute Gasteiger partial charge is 0.0364 e. The highest BCUT2D eigenvalue weighted by atomic mass is 35.5. The molecule has 0 spiro atoms. The SMILES string of the molecule is CCCC(Cl)CC(Cl)CC(Cl)CC. The summed E-state index contributed by atoms with van der Waals surface area (Å²) in [6, 6.07) is 0. The molecule has 0 aliphatic carbocycles. The Morgan fingerprint density at radius 2 is 1.38 bits per heavy atom. The van der Waals surface area contributed by atoms with Gasteiger partial charge in [-0.05, 0) is 25.7 Å². The summed E-state index contributed by atoms with van der Waals surface area (Å²) in [5, 5.41) is 0.553. The van der Waals surface area contributed by atoms with Gasteiger partial charge in [-0.3, -0.25) is 0 Å². The lowest BCUT2D eigenvalue weighted by atomic mass is 10.1. The van der Waals surface area contributed by atoms with Crippen molar-refractivity contribution < 1.29 is 0 Å². The summed E-state index contributed by atoms with van der Waals surface area (Å²) in [5.41, 5.74) is 0. The molecule has 0 fully saturated rings. The van der Waals surface area contributed by atoms with E-state index in [4.69, 9.17) is 34.8 Å². The predicted octanol–water partition coefficient (Wildman–Crippen LogP) is 4.80. The van der Waals surface area contributed by atoms with Crippen molar-refractivity contribution in [2.24, 2.45) is 0 Å². The maximum Gasteiger partial charge on any atom is 0.0364 e. The average Bonchev–Trinajstić information content (AvgIpc) is 2.04. The number of alkyl halides is 3. The Morgan fingerprint density at radius 3 is 1.85 bits per heavy atom. The van der Waals surface area contributed by atoms with Crippen molar-refractivity contribution in [2.75, 3.05) is 0 Å². The molecule has 3 heteroatoms. The third-order valence-corrected chi connectivity index (χ3v) is 3.31. The van der Waals surface area contributed by atoms with Gasteiger partial charge in [0.05, 0.1) is 0 Å². The largest absolute Gasteiger partial charge is 0.123 e. The van der Waals surface area contributed by atoms with E-state index in [9.17, 15) is 0 Å². The van der Waals surface area contributed by atoms with Gasteiger partial charge in [0.2, 0.25) is 0 Å². The molecule has 0 aliphatic rings. The molecule has 0 saturated heterocycles. The van der Waals surface area contributed by atoms with Crippen LogP contribution in [0.15, 0.2) is 0 Å². The van der Waals surface area contributed by atoms with Crippen molar-refractivity contribution in [2.45, 2.75) is 62.1 Å². The number of rotatable bonds is 7. The Labute approximate surface area is 96.9 Å². The van der Waals surface area contributed by atoms with Gasteiger partial charge in [-0.2, -0.15) is 0 Å². The molecule has 0 radical (unpaired) electrons. The van der Waals surface area contributed by atoms with Crippen molar-refractivity contribution in [1.82, 2.24) is 0 Å². The van der Waals surface area contributed by atoms with E-state index in [1.54, 1.807) is 0 Å². The van der Waals surface area contributed by atoms with E-state index in [2.05, 4.69) is 13.8 Å². The minimum Gasteiger partial charge on any atom is -0.123 e. The Hall–Kier alpha value is 0.870. The Morgan fingerprint density at radius 1 is 0.846 bits per heavy atom. The molecule has 0 nitrogen and oxygen atoms in total. The molecule has 0 aromatic carbocycles. The van der Waals surface area contributed by atoms with Crippen molar-refractivity contribution in [3.63, 3.8) is 0 Å². The molecule has 0 aromatic rings. The van der Waals surface area contributed by atoms with Crippen LogP contribution in [0.3, 0.4) is 0 Å². The zero-order chi connectivity index (χ0) is 10.3. The van der Waals surface area contributed by atoms with Crippen LogP contribution in [0.4, 0.5) is 0 Å². The summed E-state index contributed by atoms with van der Waals surface area (Å²) in [4.78, 5) is 0. The van der Waals surface area contributed by atoms with Gasteiger partial charge in [0.25, 0.3) is 0 Å². The first-order valence-corrected chi connectivity index (χ1v) is 6.33. The third-order valence-electron chi connectivity index (χ3n) is 2.07. The van der Waals surface area contributed by atoms with E-state index in [0.29, 0.717) is 0 Å². The molecule has 0 aromatic heterocycles. The molecule has 3 atom stereocenters. The average molecular weight is 246 g/mol. The molecule has 0 rings (SSSR count). The highest BCUT2D eigenvalue weighted by molar-refractivity contribution is 6.24. The highest BCUT2D eigenvalue weighted by Gasteiger charge is 2.14. The van der Waals surface area contributed by atoms with E-state index in [1.165, 1.54) is 0 Å². The van der Waals surface area contributed by atoms with Crippen LogP contribution < -0.4 is 0 Å². The van der Waals surface area contributed by atoms with E-state index in [-0.39, 0.29) is 16.1 Å². The normalized spacial score (nSPS) is 18.2. The number of hydrogen-bond acceptors (Lipinski definition) is 0. The molecule has 13 heavy (non-hydrogen) atoms. The van der Waals surface area contributed by atoms with Gasteiger partial charge in [0.15, 0.2) is 0 Å². The maximum atomic E-state index is 6.12.